The van der Waals surface area contributed by atoms with Gasteiger partial charge in [0.25, 0.3) is 0 Å². The van der Waals surface area contributed by atoms with Crippen LogP contribution in [0.4, 0.5) is 5.69 Å². The van der Waals surface area contributed by atoms with Crippen molar-refractivity contribution < 1.29 is 13.2 Å². The fourth-order valence-electron chi connectivity index (χ4n) is 3.65. The molecule has 1 amide bonds. The number of amides is 1. The second-order valence-corrected chi connectivity index (χ2v) is 9.29. The van der Waals surface area contributed by atoms with Crippen molar-refractivity contribution >= 4 is 21.6 Å². The third-order valence-electron chi connectivity index (χ3n) is 5.26. The smallest absolute Gasteiger partial charge is 0.243 e. The highest BCUT2D eigenvalue weighted by Gasteiger charge is 2.29. The van der Waals surface area contributed by atoms with E-state index < -0.39 is 10.0 Å². The molecule has 1 heterocycles. The van der Waals surface area contributed by atoms with E-state index in [4.69, 9.17) is 5.73 Å². The maximum Gasteiger partial charge on any atom is 0.243 e. The van der Waals surface area contributed by atoms with E-state index in [1.54, 1.807) is 24.3 Å². The highest BCUT2D eigenvalue weighted by Crippen LogP contribution is 2.26. The molecule has 3 N–H and O–H groups in total. The minimum Gasteiger partial charge on any atom is -0.328 e. The van der Waals surface area contributed by atoms with Gasteiger partial charge in [-0.3, -0.25) is 4.79 Å². The summed E-state index contributed by atoms with van der Waals surface area (Å²) in [4.78, 5) is 14.7. The van der Waals surface area contributed by atoms with Gasteiger partial charge < -0.3 is 16.0 Å². The highest BCUT2D eigenvalue weighted by atomic mass is 32.2. The van der Waals surface area contributed by atoms with Crippen LogP contribution in [0.15, 0.2) is 29.2 Å². The molecule has 2 aliphatic rings. The predicted molar refractivity (Wildman–Crippen MR) is 101 cm³/mol. The summed E-state index contributed by atoms with van der Waals surface area (Å²) in [6, 6.07) is 6.62. The molecule has 1 aliphatic carbocycles. The summed E-state index contributed by atoms with van der Waals surface area (Å²) in [5.41, 5.74) is 6.39. The number of anilines is 1. The molecule has 0 bridgehead atoms. The van der Waals surface area contributed by atoms with Crippen LogP contribution >= 0.6 is 0 Å². The van der Waals surface area contributed by atoms with Crippen molar-refractivity contribution in [2.24, 2.45) is 11.7 Å². The van der Waals surface area contributed by atoms with Crippen molar-refractivity contribution in [3.63, 3.8) is 0 Å². The summed E-state index contributed by atoms with van der Waals surface area (Å²) in [6.07, 6.45) is 3.14. The van der Waals surface area contributed by atoms with Crippen LogP contribution in [0.1, 0.15) is 25.7 Å². The van der Waals surface area contributed by atoms with E-state index >= 15 is 0 Å². The van der Waals surface area contributed by atoms with Crippen LogP contribution in [0.3, 0.4) is 0 Å². The molecule has 1 aromatic carbocycles. The average molecular weight is 381 g/mol. The zero-order chi connectivity index (χ0) is 18.7. The van der Waals surface area contributed by atoms with Crippen molar-refractivity contribution in [1.82, 2.24) is 9.21 Å². The van der Waals surface area contributed by atoms with Crippen LogP contribution in [-0.4, -0.2) is 62.8 Å². The van der Waals surface area contributed by atoms with Crippen molar-refractivity contribution in [2.45, 2.75) is 36.6 Å². The molecule has 7 nitrogen and oxygen atoms in total. The van der Waals surface area contributed by atoms with Gasteiger partial charge in [-0.1, -0.05) is 6.07 Å². The summed E-state index contributed by atoms with van der Waals surface area (Å²) >= 11 is 0. The lowest BCUT2D eigenvalue weighted by atomic mass is 10.1. The van der Waals surface area contributed by atoms with Gasteiger partial charge in [0.05, 0.1) is 4.90 Å². The Morgan fingerprint density at radius 2 is 2.00 bits per heavy atom. The molecule has 8 heteroatoms. The number of sulfonamides is 1. The molecule has 1 aromatic rings. The van der Waals surface area contributed by atoms with E-state index in [9.17, 15) is 13.2 Å². The number of nitrogens with two attached hydrogens (primary N) is 1. The molecule has 0 radical (unpaired) electrons. The SMILES string of the molecule is CN1CCCN(S(=O)(=O)c2cccc(NC(=O)C3CCC(N)C3)c2)CC1. The Morgan fingerprint density at radius 1 is 1.19 bits per heavy atom. The Bertz CT molecular complexity index is 753. The second-order valence-electron chi connectivity index (χ2n) is 7.35. The lowest BCUT2D eigenvalue weighted by molar-refractivity contribution is -0.119. The van der Waals surface area contributed by atoms with Crippen molar-refractivity contribution in [1.29, 1.82) is 0 Å². The predicted octanol–water partition coefficient (Wildman–Crippen LogP) is 1.08. The van der Waals surface area contributed by atoms with E-state index in [0.29, 0.717) is 25.2 Å². The van der Waals surface area contributed by atoms with E-state index in [1.807, 2.05) is 7.05 Å². The minimum atomic E-state index is -3.56. The molecule has 2 atom stereocenters. The number of nitrogens with zero attached hydrogens (tertiary/aromatic N) is 2. The molecule has 1 saturated carbocycles. The van der Waals surface area contributed by atoms with Crippen LogP contribution in [0, 0.1) is 5.92 Å². The van der Waals surface area contributed by atoms with Gasteiger partial charge in [0.15, 0.2) is 0 Å². The van der Waals surface area contributed by atoms with Gasteiger partial charge >= 0.3 is 0 Å². The zero-order valence-corrected chi connectivity index (χ0v) is 16.0. The number of rotatable bonds is 4. The number of hydrogen-bond donors (Lipinski definition) is 2. The van der Waals surface area contributed by atoms with E-state index in [-0.39, 0.29) is 22.8 Å². The van der Waals surface area contributed by atoms with Gasteiger partial charge in [-0.25, -0.2) is 8.42 Å². The van der Waals surface area contributed by atoms with Crippen LogP contribution < -0.4 is 11.1 Å². The molecule has 0 aromatic heterocycles. The maximum absolute atomic E-state index is 13.0. The van der Waals surface area contributed by atoms with Crippen LogP contribution in [-0.2, 0) is 14.8 Å². The fourth-order valence-corrected chi connectivity index (χ4v) is 5.16. The molecule has 1 saturated heterocycles. The Kier molecular flexibility index (Phi) is 5.96. The lowest BCUT2D eigenvalue weighted by Gasteiger charge is -2.20. The first-order valence-corrected chi connectivity index (χ1v) is 10.7. The number of hydrogen-bond acceptors (Lipinski definition) is 5. The topological polar surface area (TPSA) is 95.7 Å². The van der Waals surface area contributed by atoms with Gasteiger partial charge in [-0.05, 0) is 57.5 Å². The maximum atomic E-state index is 13.0. The first-order chi connectivity index (χ1) is 12.4. The fraction of sp³-hybridized carbons (Fsp3) is 0.611. The van der Waals surface area contributed by atoms with Gasteiger partial charge in [-0.2, -0.15) is 4.31 Å². The number of likely N-dealkylation sites (N-methyl/N-ethyl adjacent to an activating group) is 1. The van der Waals surface area contributed by atoms with Crippen LogP contribution in [0.5, 0.6) is 0 Å². The van der Waals surface area contributed by atoms with E-state index in [0.717, 1.165) is 32.4 Å². The highest BCUT2D eigenvalue weighted by molar-refractivity contribution is 7.89. The monoisotopic (exact) mass is 380 g/mol. The summed E-state index contributed by atoms with van der Waals surface area (Å²) in [5, 5.41) is 2.85. The van der Waals surface area contributed by atoms with Crippen molar-refractivity contribution in [3.05, 3.63) is 24.3 Å². The first-order valence-electron chi connectivity index (χ1n) is 9.21. The largest absolute Gasteiger partial charge is 0.328 e. The quantitative estimate of drug-likeness (QED) is 0.815. The van der Waals surface area contributed by atoms with Gasteiger partial charge in [0.1, 0.15) is 0 Å². The van der Waals surface area contributed by atoms with E-state index in [1.165, 1.54) is 4.31 Å². The van der Waals surface area contributed by atoms with Gasteiger partial charge in [-0.15, -0.1) is 0 Å². The van der Waals surface area contributed by atoms with Gasteiger partial charge in [0, 0.05) is 37.3 Å². The standard InChI is InChI=1S/C18H28N4O3S/c1-21-8-3-9-22(11-10-21)26(24,25)17-5-2-4-16(13-17)20-18(23)14-6-7-15(19)12-14/h2,4-5,13-15H,3,6-12,19H2,1H3,(H,20,23). The summed E-state index contributed by atoms with van der Waals surface area (Å²) in [6.45, 7) is 2.61. The van der Waals surface area contributed by atoms with Crippen molar-refractivity contribution in [3.8, 4) is 0 Å². The normalized spacial score (nSPS) is 25.8. The molecule has 2 unspecified atom stereocenters. The summed E-state index contributed by atoms with van der Waals surface area (Å²) in [7, 11) is -1.56. The van der Waals surface area contributed by atoms with Crippen LogP contribution in [0.2, 0.25) is 0 Å². The molecule has 3 rings (SSSR count). The summed E-state index contributed by atoms with van der Waals surface area (Å²) in [5.74, 6) is -0.171. The number of benzene rings is 1. The summed E-state index contributed by atoms with van der Waals surface area (Å²) < 4.78 is 27.5. The van der Waals surface area contributed by atoms with Crippen LogP contribution in [0.25, 0.3) is 0 Å². The molecular formula is C18H28N4O3S. The molecule has 26 heavy (non-hydrogen) atoms. The Balaban J connectivity index is 1.72. The molecule has 1 aliphatic heterocycles. The third-order valence-corrected chi connectivity index (χ3v) is 7.16. The number of carbonyl (C=O) groups excluding carboxylic acids is 1. The van der Waals surface area contributed by atoms with E-state index in [2.05, 4.69) is 10.2 Å². The minimum absolute atomic E-state index is 0.0797. The molecule has 144 valence electrons. The Labute approximate surface area is 155 Å². The Morgan fingerprint density at radius 3 is 2.73 bits per heavy atom. The zero-order valence-electron chi connectivity index (χ0n) is 15.2. The third kappa shape index (κ3) is 4.43. The van der Waals surface area contributed by atoms with Gasteiger partial charge in [0.2, 0.25) is 15.9 Å². The number of carbonyl (C=O) groups is 1. The second kappa shape index (κ2) is 8.04. The van der Waals surface area contributed by atoms with Crippen molar-refractivity contribution in [2.75, 3.05) is 38.5 Å². The average Bonchev–Trinajstić information content (AvgIpc) is 2.92. The molecule has 2 fully saturated rings. The first kappa shape index (κ1) is 19.3. The molecular weight excluding hydrogens is 352 g/mol. The number of nitrogens with one attached hydrogen (secondary N) is 1. The Hall–Kier alpha value is -1.48. The lowest BCUT2D eigenvalue weighted by Crippen LogP contribution is -2.34. The molecule has 0 spiro atoms.